The SMILES string of the molecule is C[C@H](Sc1nnc(-c2ccco2)o1)C(=O)Nc1ccc(N2CCCCC2)cc1. The highest BCUT2D eigenvalue weighted by Gasteiger charge is 2.20. The summed E-state index contributed by atoms with van der Waals surface area (Å²) in [6.07, 6.45) is 5.33. The van der Waals surface area contributed by atoms with Crippen LogP contribution >= 0.6 is 11.8 Å². The number of nitrogens with zero attached hydrogens (tertiary/aromatic N) is 3. The Balaban J connectivity index is 1.33. The lowest BCUT2D eigenvalue weighted by molar-refractivity contribution is -0.115. The summed E-state index contributed by atoms with van der Waals surface area (Å²) < 4.78 is 10.8. The predicted molar refractivity (Wildman–Crippen MR) is 108 cm³/mol. The van der Waals surface area contributed by atoms with Gasteiger partial charge in [0, 0.05) is 24.5 Å². The minimum absolute atomic E-state index is 0.117. The zero-order chi connectivity index (χ0) is 19.3. The van der Waals surface area contributed by atoms with Crippen LogP contribution in [0.15, 0.2) is 56.7 Å². The molecule has 1 saturated heterocycles. The van der Waals surface area contributed by atoms with E-state index in [1.54, 1.807) is 25.3 Å². The van der Waals surface area contributed by atoms with Crippen LogP contribution < -0.4 is 10.2 Å². The quantitative estimate of drug-likeness (QED) is 0.615. The monoisotopic (exact) mass is 398 g/mol. The number of hydrogen-bond donors (Lipinski definition) is 1. The smallest absolute Gasteiger partial charge is 0.284 e. The Hall–Kier alpha value is -2.74. The molecule has 0 aliphatic carbocycles. The number of anilines is 2. The third kappa shape index (κ3) is 4.39. The Kier molecular flexibility index (Phi) is 5.66. The lowest BCUT2D eigenvalue weighted by Gasteiger charge is -2.28. The molecule has 8 heteroatoms. The molecule has 2 aromatic heterocycles. The number of furan rings is 1. The lowest BCUT2D eigenvalue weighted by Crippen LogP contribution is -2.29. The molecule has 1 aliphatic heterocycles. The van der Waals surface area contributed by atoms with Crippen molar-refractivity contribution in [2.24, 2.45) is 0 Å². The van der Waals surface area contributed by atoms with Gasteiger partial charge in [0.25, 0.3) is 11.1 Å². The summed E-state index contributed by atoms with van der Waals surface area (Å²) in [7, 11) is 0. The number of hydrogen-bond acceptors (Lipinski definition) is 7. The molecule has 1 N–H and O–H groups in total. The molecular weight excluding hydrogens is 376 g/mol. The molecule has 0 saturated carbocycles. The molecule has 1 amide bonds. The van der Waals surface area contributed by atoms with Crippen molar-refractivity contribution in [3.63, 3.8) is 0 Å². The largest absolute Gasteiger partial charge is 0.459 e. The van der Waals surface area contributed by atoms with Crippen LogP contribution in [-0.4, -0.2) is 34.4 Å². The van der Waals surface area contributed by atoms with E-state index in [1.165, 1.54) is 36.7 Å². The van der Waals surface area contributed by atoms with Gasteiger partial charge in [0.05, 0.1) is 11.5 Å². The molecule has 3 aromatic rings. The summed E-state index contributed by atoms with van der Waals surface area (Å²) in [4.78, 5) is 14.9. The van der Waals surface area contributed by atoms with Crippen molar-refractivity contribution >= 4 is 29.0 Å². The number of aromatic nitrogens is 2. The van der Waals surface area contributed by atoms with Crippen LogP contribution in [0.3, 0.4) is 0 Å². The van der Waals surface area contributed by atoms with E-state index in [9.17, 15) is 4.79 Å². The van der Waals surface area contributed by atoms with E-state index in [4.69, 9.17) is 8.83 Å². The van der Waals surface area contributed by atoms with Crippen molar-refractivity contribution in [3.05, 3.63) is 42.7 Å². The Morgan fingerprint density at radius 2 is 1.93 bits per heavy atom. The van der Waals surface area contributed by atoms with Crippen molar-refractivity contribution in [3.8, 4) is 11.7 Å². The number of amides is 1. The van der Waals surface area contributed by atoms with Crippen LogP contribution in [0.1, 0.15) is 26.2 Å². The fourth-order valence-corrected chi connectivity index (χ4v) is 3.80. The van der Waals surface area contributed by atoms with Crippen molar-refractivity contribution in [1.82, 2.24) is 10.2 Å². The normalized spacial score (nSPS) is 15.4. The summed E-state index contributed by atoms with van der Waals surface area (Å²) in [6.45, 7) is 4.01. The van der Waals surface area contributed by atoms with E-state index in [2.05, 4.69) is 32.5 Å². The van der Waals surface area contributed by atoms with Crippen molar-refractivity contribution in [2.75, 3.05) is 23.3 Å². The number of benzene rings is 1. The van der Waals surface area contributed by atoms with Crippen LogP contribution in [0.2, 0.25) is 0 Å². The number of thioether (sulfide) groups is 1. The van der Waals surface area contributed by atoms with Gasteiger partial charge in [0.1, 0.15) is 0 Å². The predicted octanol–water partition coefficient (Wildman–Crippen LogP) is 4.44. The third-order valence-electron chi connectivity index (χ3n) is 4.64. The molecule has 3 heterocycles. The maximum Gasteiger partial charge on any atom is 0.284 e. The summed E-state index contributed by atoms with van der Waals surface area (Å²) >= 11 is 1.21. The summed E-state index contributed by atoms with van der Waals surface area (Å²) in [5, 5.41) is 10.8. The first kappa shape index (κ1) is 18.6. The summed E-state index contributed by atoms with van der Waals surface area (Å²) in [5.41, 5.74) is 1.98. The number of nitrogens with one attached hydrogen (secondary N) is 1. The van der Waals surface area contributed by atoms with Crippen LogP contribution in [0.25, 0.3) is 11.7 Å². The fourth-order valence-electron chi connectivity index (χ4n) is 3.11. The standard InChI is InChI=1S/C20H22N4O3S/c1-14(28-20-23-22-19(27-20)17-6-5-13-26-17)18(25)21-15-7-9-16(10-8-15)24-11-3-2-4-12-24/h5-10,13-14H,2-4,11-12H2,1H3,(H,21,25)/t14-/m0/s1. The van der Waals surface area contributed by atoms with Gasteiger partial charge in [0.15, 0.2) is 5.76 Å². The topological polar surface area (TPSA) is 84.4 Å². The second-order valence-corrected chi connectivity index (χ2v) is 7.99. The zero-order valence-corrected chi connectivity index (χ0v) is 16.4. The highest BCUT2D eigenvalue weighted by Crippen LogP contribution is 2.27. The number of piperidine rings is 1. The second kappa shape index (κ2) is 8.52. The lowest BCUT2D eigenvalue weighted by atomic mass is 10.1. The summed E-state index contributed by atoms with van der Waals surface area (Å²) in [6, 6.07) is 11.5. The summed E-state index contributed by atoms with van der Waals surface area (Å²) in [5.74, 6) is 0.687. The third-order valence-corrected chi connectivity index (χ3v) is 5.58. The van der Waals surface area contributed by atoms with Crippen molar-refractivity contribution < 1.29 is 13.6 Å². The van der Waals surface area contributed by atoms with E-state index in [1.807, 2.05) is 12.1 Å². The van der Waals surface area contributed by atoms with Gasteiger partial charge in [-0.3, -0.25) is 4.79 Å². The van der Waals surface area contributed by atoms with E-state index < -0.39 is 0 Å². The molecule has 7 nitrogen and oxygen atoms in total. The first-order chi connectivity index (χ1) is 13.7. The number of carbonyl (C=O) groups is 1. The van der Waals surface area contributed by atoms with E-state index >= 15 is 0 Å². The first-order valence-electron chi connectivity index (χ1n) is 9.39. The van der Waals surface area contributed by atoms with Gasteiger partial charge in [-0.2, -0.15) is 0 Å². The van der Waals surface area contributed by atoms with Gasteiger partial charge in [0.2, 0.25) is 5.91 Å². The van der Waals surface area contributed by atoms with Crippen molar-refractivity contribution in [2.45, 2.75) is 36.7 Å². The van der Waals surface area contributed by atoms with Gasteiger partial charge in [-0.25, -0.2) is 0 Å². The molecule has 146 valence electrons. The van der Waals surface area contributed by atoms with Gasteiger partial charge in [-0.15, -0.1) is 10.2 Å². The molecule has 1 aliphatic rings. The Morgan fingerprint density at radius 1 is 1.14 bits per heavy atom. The zero-order valence-electron chi connectivity index (χ0n) is 15.6. The molecule has 1 atom stereocenters. The van der Waals surface area contributed by atoms with Crippen LogP contribution in [0.5, 0.6) is 0 Å². The van der Waals surface area contributed by atoms with Crippen molar-refractivity contribution in [1.29, 1.82) is 0 Å². The molecule has 1 aromatic carbocycles. The Labute approximate surface area is 167 Å². The second-order valence-electron chi connectivity index (χ2n) is 6.69. The fraction of sp³-hybridized carbons (Fsp3) is 0.350. The molecule has 0 unspecified atom stereocenters. The van der Waals surface area contributed by atoms with E-state index in [0.29, 0.717) is 16.9 Å². The minimum Gasteiger partial charge on any atom is -0.459 e. The number of rotatable bonds is 6. The van der Waals surface area contributed by atoms with Crippen LogP contribution in [0, 0.1) is 0 Å². The van der Waals surface area contributed by atoms with E-state index in [0.717, 1.165) is 18.8 Å². The molecular formula is C20H22N4O3S. The van der Waals surface area contributed by atoms with Crippen LogP contribution in [-0.2, 0) is 4.79 Å². The maximum absolute atomic E-state index is 12.5. The minimum atomic E-state index is -0.383. The van der Waals surface area contributed by atoms with Gasteiger partial charge in [-0.05, 0) is 62.6 Å². The maximum atomic E-state index is 12.5. The molecule has 1 fully saturated rings. The Morgan fingerprint density at radius 3 is 2.64 bits per heavy atom. The number of carbonyl (C=O) groups excluding carboxylic acids is 1. The average molecular weight is 398 g/mol. The van der Waals surface area contributed by atoms with Gasteiger partial charge < -0.3 is 19.1 Å². The first-order valence-corrected chi connectivity index (χ1v) is 10.3. The van der Waals surface area contributed by atoms with Gasteiger partial charge >= 0.3 is 0 Å². The molecule has 28 heavy (non-hydrogen) atoms. The molecule has 4 rings (SSSR count). The Bertz CT molecular complexity index is 902. The molecule has 0 radical (unpaired) electrons. The highest BCUT2D eigenvalue weighted by molar-refractivity contribution is 8.00. The highest BCUT2D eigenvalue weighted by atomic mass is 32.2. The van der Waals surface area contributed by atoms with Crippen LogP contribution in [0.4, 0.5) is 11.4 Å². The van der Waals surface area contributed by atoms with E-state index in [-0.39, 0.29) is 11.2 Å². The van der Waals surface area contributed by atoms with Gasteiger partial charge in [-0.1, -0.05) is 11.8 Å². The molecule has 0 bridgehead atoms. The average Bonchev–Trinajstić information content (AvgIpc) is 3.41. The molecule has 0 spiro atoms.